The van der Waals surface area contributed by atoms with Crippen LogP contribution < -0.4 is 10.1 Å². The van der Waals surface area contributed by atoms with E-state index in [9.17, 15) is 4.79 Å². The van der Waals surface area contributed by atoms with E-state index in [1.807, 2.05) is 48.5 Å². The molecule has 1 N–H and O–H groups in total. The van der Waals surface area contributed by atoms with E-state index in [0.717, 1.165) is 11.1 Å². The number of aromatic nitrogens is 2. The third kappa shape index (κ3) is 2.65. The smallest absolute Gasteiger partial charge is 0.322 e. The summed E-state index contributed by atoms with van der Waals surface area (Å²) in [5.74, 6) is 1.10. The monoisotopic (exact) mass is 359 g/mol. The molecule has 0 aliphatic carbocycles. The molecule has 0 unspecified atom stereocenters. The number of hydrogen-bond acceptors (Lipinski definition) is 6. The summed E-state index contributed by atoms with van der Waals surface area (Å²) in [6.07, 6.45) is 1.51. The van der Waals surface area contributed by atoms with Gasteiger partial charge in [-0.05, 0) is 24.3 Å². The number of fused-ring (bicyclic) bond motifs is 2. The number of carbonyl (C=O) groups is 1. The summed E-state index contributed by atoms with van der Waals surface area (Å²) in [5, 5.41) is 10.5. The number of amides is 1. The van der Waals surface area contributed by atoms with Crippen molar-refractivity contribution in [2.45, 2.75) is 5.92 Å². The van der Waals surface area contributed by atoms with Gasteiger partial charge in [-0.15, -0.1) is 5.10 Å². The molecule has 132 valence electrons. The number of carbonyl (C=O) groups excluding carboxylic acids is 1. The summed E-state index contributed by atoms with van der Waals surface area (Å²) in [6, 6.07) is 18.3. The fraction of sp³-hybridized carbons (Fsp3) is 0.0500. The second-order valence-corrected chi connectivity index (χ2v) is 5.99. The summed E-state index contributed by atoms with van der Waals surface area (Å²) in [7, 11) is 0. The van der Waals surface area contributed by atoms with Gasteiger partial charge in [0.1, 0.15) is 11.5 Å². The Balaban J connectivity index is 1.48. The Morgan fingerprint density at radius 1 is 0.889 bits per heavy atom. The largest absolute Gasteiger partial charge is 0.459 e. The molecule has 0 radical (unpaired) electrons. The van der Waals surface area contributed by atoms with Gasteiger partial charge in [0.25, 0.3) is 5.89 Å². The lowest BCUT2D eigenvalue weighted by Gasteiger charge is -2.26. The zero-order valence-electron chi connectivity index (χ0n) is 14.0. The number of para-hydroxylation sites is 2. The lowest BCUT2D eigenvalue weighted by atomic mass is 9.87. The number of hydrogen-bond donors (Lipinski definition) is 1. The predicted molar refractivity (Wildman–Crippen MR) is 95.4 cm³/mol. The Hall–Kier alpha value is -3.87. The van der Waals surface area contributed by atoms with Crippen molar-refractivity contribution in [2.75, 3.05) is 5.32 Å². The van der Waals surface area contributed by atoms with Crippen molar-refractivity contribution >= 4 is 11.9 Å². The van der Waals surface area contributed by atoms with E-state index >= 15 is 0 Å². The van der Waals surface area contributed by atoms with Gasteiger partial charge in [-0.25, -0.2) is 0 Å². The SMILES string of the molecule is O=C(Nc1nnc(-c2ccco2)o1)C1c2ccccc2Oc2ccccc21. The number of rotatable bonds is 3. The molecule has 3 heterocycles. The minimum atomic E-state index is -0.551. The summed E-state index contributed by atoms with van der Waals surface area (Å²) < 4.78 is 16.6. The van der Waals surface area contributed by atoms with Crippen molar-refractivity contribution in [1.82, 2.24) is 10.2 Å². The van der Waals surface area contributed by atoms with Crippen LogP contribution in [0.2, 0.25) is 0 Å². The Labute approximate surface area is 153 Å². The van der Waals surface area contributed by atoms with E-state index in [1.165, 1.54) is 6.26 Å². The molecule has 0 atom stereocenters. The van der Waals surface area contributed by atoms with Crippen LogP contribution >= 0.6 is 0 Å². The number of ether oxygens (including phenoxy) is 1. The van der Waals surface area contributed by atoms with Crippen molar-refractivity contribution in [3.63, 3.8) is 0 Å². The Kier molecular flexibility index (Phi) is 3.50. The number of furan rings is 1. The number of nitrogens with one attached hydrogen (secondary N) is 1. The maximum Gasteiger partial charge on any atom is 0.322 e. The average Bonchev–Trinajstić information content (AvgIpc) is 3.37. The van der Waals surface area contributed by atoms with Crippen molar-refractivity contribution in [3.05, 3.63) is 78.1 Å². The fourth-order valence-electron chi connectivity index (χ4n) is 3.14. The maximum atomic E-state index is 13.1. The highest BCUT2D eigenvalue weighted by Crippen LogP contribution is 2.44. The molecular formula is C20H13N3O4. The van der Waals surface area contributed by atoms with Gasteiger partial charge in [0.15, 0.2) is 5.76 Å². The van der Waals surface area contributed by atoms with Crippen molar-refractivity contribution in [3.8, 4) is 23.1 Å². The van der Waals surface area contributed by atoms with Crippen molar-refractivity contribution in [1.29, 1.82) is 0 Å². The van der Waals surface area contributed by atoms with Gasteiger partial charge in [-0.1, -0.05) is 41.5 Å². The first kappa shape index (κ1) is 15.4. The molecule has 1 aliphatic rings. The first-order chi connectivity index (χ1) is 13.3. The number of benzene rings is 2. The fourth-order valence-corrected chi connectivity index (χ4v) is 3.14. The highest BCUT2D eigenvalue weighted by atomic mass is 16.5. The molecule has 27 heavy (non-hydrogen) atoms. The van der Waals surface area contributed by atoms with Gasteiger partial charge < -0.3 is 13.6 Å². The molecule has 0 bridgehead atoms. The molecule has 1 aliphatic heterocycles. The summed E-state index contributed by atoms with van der Waals surface area (Å²) in [5.41, 5.74) is 1.55. The molecule has 7 heteroatoms. The molecule has 0 fully saturated rings. The second-order valence-electron chi connectivity index (χ2n) is 5.99. The Morgan fingerprint density at radius 2 is 1.59 bits per heavy atom. The van der Waals surface area contributed by atoms with Crippen LogP contribution in [0, 0.1) is 0 Å². The molecular weight excluding hydrogens is 346 g/mol. The van der Waals surface area contributed by atoms with E-state index in [2.05, 4.69) is 15.5 Å². The maximum absolute atomic E-state index is 13.1. The summed E-state index contributed by atoms with van der Waals surface area (Å²) >= 11 is 0. The van der Waals surface area contributed by atoms with Crippen LogP contribution in [-0.2, 0) is 4.79 Å². The van der Waals surface area contributed by atoms with Gasteiger partial charge >= 0.3 is 6.01 Å². The molecule has 2 aromatic heterocycles. The standard InChI is InChI=1S/C20H13N3O4/c24-18(21-20-23-22-19(27-20)16-10-5-11-25-16)17-12-6-1-3-8-14(12)26-15-9-4-2-7-13(15)17/h1-11,17H,(H,21,23,24). The number of anilines is 1. The third-order valence-corrected chi connectivity index (χ3v) is 4.33. The van der Waals surface area contributed by atoms with E-state index in [4.69, 9.17) is 13.6 Å². The van der Waals surface area contributed by atoms with E-state index < -0.39 is 5.92 Å². The van der Waals surface area contributed by atoms with Crippen LogP contribution in [0.5, 0.6) is 11.5 Å². The van der Waals surface area contributed by atoms with Gasteiger partial charge in [-0.2, -0.15) is 0 Å². The van der Waals surface area contributed by atoms with Crippen molar-refractivity contribution < 1.29 is 18.4 Å². The van der Waals surface area contributed by atoms with Gasteiger partial charge in [0.05, 0.1) is 12.2 Å². The van der Waals surface area contributed by atoms with Crippen LogP contribution in [0.25, 0.3) is 11.7 Å². The minimum absolute atomic E-state index is 0.00727. The van der Waals surface area contributed by atoms with Gasteiger partial charge in [0, 0.05) is 11.1 Å². The van der Waals surface area contributed by atoms with Crippen LogP contribution in [0.1, 0.15) is 17.0 Å². The van der Waals surface area contributed by atoms with Gasteiger partial charge in [0.2, 0.25) is 5.91 Å². The molecule has 4 aromatic rings. The highest BCUT2D eigenvalue weighted by molar-refractivity contribution is 5.98. The first-order valence-electron chi connectivity index (χ1n) is 8.33. The van der Waals surface area contributed by atoms with Crippen LogP contribution in [0.15, 0.2) is 75.8 Å². The molecule has 1 amide bonds. The van der Waals surface area contributed by atoms with Gasteiger partial charge in [-0.3, -0.25) is 10.1 Å². The molecule has 7 nitrogen and oxygen atoms in total. The topological polar surface area (TPSA) is 90.4 Å². The Morgan fingerprint density at radius 3 is 2.26 bits per heavy atom. The summed E-state index contributed by atoms with van der Waals surface area (Å²) in [6.45, 7) is 0. The first-order valence-corrected chi connectivity index (χ1v) is 8.33. The average molecular weight is 359 g/mol. The quantitative estimate of drug-likeness (QED) is 0.589. The molecule has 2 aromatic carbocycles. The van der Waals surface area contributed by atoms with E-state index in [0.29, 0.717) is 17.3 Å². The zero-order valence-corrected chi connectivity index (χ0v) is 14.0. The van der Waals surface area contributed by atoms with E-state index in [-0.39, 0.29) is 17.8 Å². The second kappa shape index (κ2) is 6.14. The lowest BCUT2D eigenvalue weighted by molar-refractivity contribution is -0.117. The minimum Gasteiger partial charge on any atom is -0.459 e. The van der Waals surface area contributed by atoms with Crippen LogP contribution in [0.3, 0.4) is 0 Å². The molecule has 0 saturated heterocycles. The molecule has 5 rings (SSSR count). The van der Waals surface area contributed by atoms with Crippen molar-refractivity contribution in [2.24, 2.45) is 0 Å². The normalized spacial score (nSPS) is 12.7. The van der Waals surface area contributed by atoms with Crippen LogP contribution in [0.4, 0.5) is 6.01 Å². The molecule has 0 saturated carbocycles. The lowest BCUT2D eigenvalue weighted by Crippen LogP contribution is -2.25. The van der Waals surface area contributed by atoms with Crippen LogP contribution in [-0.4, -0.2) is 16.1 Å². The summed E-state index contributed by atoms with van der Waals surface area (Å²) in [4.78, 5) is 13.1. The molecule has 0 spiro atoms. The van der Waals surface area contributed by atoms with E-state index in [1.54, 1.807) is 12.1 Å². The Bertz CT molecular complexity index is 1070. The third-order valence-electron chi connectivity index (χ3n) is 4.33. The zero-order chi connectivity index (χ0) is 18.2. The number of nitrogens with zero attached hydrogens (tertiary/aromatic N) is 2. The highest BCUT2D eigenvalue weighted by Gasteiger charge is 2.33. The predicted octanol–water partition coefficient (Wildman–Crippen LogP) is 4.21.